The first-order chi connectivity index (χ1) is 9.09. The molecule has 1 unspecified atom stereocenters. The second kappa shape index (κ2) is 5.98. The first-order valence-corrected chi connectivity index (χ1v) is 8.20. The summed E-state index contributed by atoms with van der Waals surface area (Å²) in [7, 11) is -3.47. The van der Waals surface area contributed by atoms with Crippen molar-refractivity contribution in [3.05, 3.63) is 23.9 Å². The molecule has 0 amide bonds. The van der Waals surface area contributed by atoms with Crippen molar-refractivity contribution in [1.29, 1.82) is 0 Å². The summed E-state index contributed by atoms with van der Waals surface area (Å²) in [4.78, 5) is 4.06. The molecule has 106 valence electrons. The van der Waals surface area contributed by atoms with Crippen molar-refractivity contribution in [3.8, 4) is 0 Å². The van der Waals surface area contributed by atoms with Gasteiger partial charge in [-0.1, -0.05) is 19.4 Å². The van der Waals surface area contributed by atoms with E-state index in [9.17, 15) is 8.42 Å². The Hall–Kier alpha value is -0.980. The second-order valence-corrected chi connectivity index (χ2v) is 6.72. The van der Waals surface area contributed by atoms with Crippen LogP contribution in [0.4, 0.5) is 0 Å². The lowest BCUT2D eigenvalue weighted by molar-refractivity contribution is 0.246. The van der Waals surface area contributed by atoms with E-state index in [0.717, 1.165) is 31.2 Å². The monoisotopic (exact) mass is 283 g/mol. The van der Waals surface area contributed by atoms with Crippen molar-refractivity contribution in [3.63, 3.8) is 0 Å². The molecule has 6 heteroatoms. The van der Waals surface area contributed by atoms with Gasteiger partial charge in [0, 0.05) is 25.3 Å². The highest BCUT2D eigenvalue weighted by atomic mass is 32.2. The number of hydrogen-bond acceptors (Lipinski definition) is 4. The van der Waals surface area contributed by atoms with E-state index < -0.39 is 10.0 Å². The Kier molecular flexibility index (Phi) is 4.54. The van der Waals surface area contributed by atoms with Gasteiger partial charge in [-0.3, -0.25) is 0 Å². The van der Waals surface area contributed by atoms with Gasteiger partial charge in [-0.25, -0.2) is 13.4 Å². The standard InChI is InChI=1S/C13H21N3O2S/c1-2-12-5-3-4-8-16(12)19(17,18)13-7-6-11(9-14)10-15-13/h6-7,10,12H,2-5,8-9,14H2,1H3. The number of sulfonamides is 1. The molecule has 19 heavy (non-hydrogen) atoms. The van der Waals surface area contributed by atoms with Gasteiger partial charge in [-0.2, -0.15) is 4.31 Å². The molecule has 1 atom stereocenters. The largest absolute Gasteiger partial charge is 0.326 e. The molecule has 1 saturated heterocycles. The van der Waals surface area contributed by atoms with E-state index in [4.69, 9.17) is 5.73 Å². The van der Waals surface area contributed by atoms with E-state index in [-0.39, 0.29) is 11.1 Å². The Labute approximate surface area is 114 Å². The van der Waals surface area contributed by atoms with Crippen LogP contribution in [-0.2, 0) is 16.6 Å². The molecule has 2 rings (SSSR count). The maximum absolute atomic E-state index is 12.6. The number of nitrogens with two attached hydrogens (primary N) is 1. The molecule has 1 aliphatic rings. The maximum atomic E-state index is 12.6. The third-order valence-corrected chi connectivity index (χ3v) is 5.52. The van der Waals surface area contributed by atoms with Crippen LogP contribution in [0.2, 0.25) is 0 Å². The normalized spacial score (nSPS) is 21.5. The highest BCUT2D eigenvalue weighted by molar-refractivity contribution is 7.89. The highest BCUT2D eigenvalue weighted by Crippen LogP contribution is 2.26. The van der Waals surface area contributed by atoms with Crippen LogP contribution in [-0.4, -0.2) is 30.3 Å². The summed E-state index contributed by atoms with van der Waals surface area (Å²) in [5, 5.41) is 0.130. The summed E-state index contributed by atoms with van der Waals surface area (Å²) in [5.74, 6) is 0. The van der Waals surface area contributed by atoms with Crippen LogP contribution < -0.4 is 5.73 Å². The minimum absolute atomic E-state index is 0.106. The van der Waals surface area contributed by atoms with Crippen molar-refractivity contribution >= 4 is 10.0 Å². The van der Waals surface area contributed by atoms with Crippen LogP contribution >= 0.6 is 0 Å². The molecule has 1 aromatic heterocycles. The molecule has 0 radical (unpaired) electrons. The fraction of sp³-hybridized carbons (Fsp3) is 0.615. The number of rotatable bonds is 4. The maximum Gasteiger partial charge on any atom is 0.260 e. The van der Waals surface area contributed by atoms with Gasteiger partial charge in [0.05, 0.1) is 0 Å². The molecule has 1 fully saturated rings. The summed E-state index contributed by atoms with van der Waals surface area (Å²) in [6.07, 6.45) is 5.36. The fourth-order valence-corrected chi connectivity index (χ4v) is 4.19. The minimum atomic E-state index is -3.47. The van der Waals surface area contributed by atoms with Crippen LogP contribution in [0.3, 0.4) is 0 Å². The smallest absolute Gasteiger partial charge is 0.260 e. The van der Waals surface area contributed by atoms with Crippen LogP contribution in [0.25, 0.3) is 0 Å². The van der Waals surface area contributed by atoms with E-state index in [1.54, 1.807) is 16.4 Å². The van der Waals surface area contributed by atoms with E-state index in [2.05, 4.69) is 4.98 Å². The predicted octanol–water partition coefficient (Wildman–Crippen LogP) is 1.49. The molecule has 0 spiro atoms. The zero-order valence-corrected chi connectivity index (χ0v) is 12.1. The lowest BCUT2D eigenvalue weighted by Crippen LogP contribution is -2.43. The Balaban J connectivity index is 2.29. The Bertz CT molecular complexity index is 513. The van der Waals surface area contributed by atoms with E-state index in [1.807, 2.05) is 6.92 Å². The topological polar surface area (TPSA) is 76.3 Å². The van der Waals surface area contributed by atoms with Crippen molar-refractivity contribution in [2.75, 3.05) is 6.54 Å². The first kappa shape index (κ1) is 14.4. The third kappa shape index (κ3) is 2.96. The van der Waals surface area contributed by atoms with Crippen LogP contribution in [0.15, 0.2) is 23.4 Å². The molecule has 0 saturated carbocycles. The molecule has 2 N–H and O–H groups in total. The zero-order chi connectivity index (χ0) is 13.9. The Morgan fingerprint density at radius 2 is 2.21 bits per heavy atom. The molecule has 2 heterocycles. The molecule has 5 nitrogen and oxygen atoms in total. The van der Waals surface area contributed by atoms with E-state index in [1.165, 1.54) is 6.20 Å². The van der Waals surface area contributed by atoms with Crippen molar-refractivity contribution < 1.29 is 8.42 Å². The van der Waals surface area contributed by atoms with Crippen molar-refractivity contribution in [1.82, 2.24) is 9.29 Å². The molecular formula is C13H21N3O2S. The van der Waals surface area contributed by atoms with Crippen LogP contribution in [0.1, 0.15) is 38.2 Å². The summed E-state index contributed by atoms with van der Waals surface area (Å²) >= 11 is 0. The van der Waals surface area contributed by atoms with Gasteiger partial charge in [0.15, 0.2) is 5.03 Å². The zero-order valence-electron chi connectivity index (χ0n) is 11.2. The number of hydrogen-bond donors (Lipinski definition) is 1. The van der Waals surface area contributed by atoms with Gasteiger partial charge in [0.1, 0.15) is 0 Å². The molecule has 0 aromatic carbocycles. The second-order valence-electron chi connectivity index (χ2n) is 4.88. The van der Waals surface area contributed by atoms with Gasteiger partial charge < -0.3 is 5.73 Å². The molecule has 1 aromatic rings. The van der Waals surface area contributed by atoms with Gasteiger partial charge >= 0.3 is 0 Å². The number of piperidine rings is 1. The van der Waals surface area contributed by atoms with E-state index in [0.29, 0.717) is 13.1 Å². The molecular weight excluding hydrogens is 262 g/mol. The molecule has 1 aliphatic heterocycles. The van der Waals surface area contributed by atoms with Crippen molar-refractivity contribution in [2.45, 2.75) is 50.2 Å². The average molecular weight is 283 g/mol. The summed E-state index contributed by atoms with van der Waals surface area (Å²) in [6.45, 7) is 3.00. The number of nitrogens with zero attached hydrogens (tertiary/aromatic N) is 2. The van der Waals surface area contributed by atoms with Crippen LogP contribution in [0, 0.1) is 0 Å². The fourth-order valence-electron chi connectivity index (χ4n) is 2.50. The van der Waals surface area contributed by atoms with Gasteiger partial charge in [-0.05, 0) is 30.9 Å². The Morgan fingerprint density at radius 1 is 1.42 bits per heavy atom. The first-order valence-electron chi connectivity index (χ1n) is 6.76. The lowest BCUT2D eigenvalue weighted by Gasteiger charge is -2.33. The number of aromatic nitrogens is 1. The lowest BCUT2D eigenvalue weighted by atomic mass is 10.0. The SMILES string of the molecule is CCC1CCCCN1S(=O)(=O)c1ccc(CN)cn1. The molecule has 0 aliphatic carbocycles. The Morgan fingerprint density at radius 3 is 2.79 bits per heavy atom. The minimum Gasteiger partial charge on any atom is -0.326 e. The number of pyridine rings is 1. The average Bonchev–Trinajstić information content (AvgIpc) is 2.47. The highest BCUT2D eigenvalue weighted by Gasteiger charge is 2.33. The van der Waals surface area contributed by atoms with Gasteiger partial charge in [0.25, 0.3) is 10.0 Å². The quantitative estimate of drug-likeness (QED) is 0.908. The third-order valence-electron chi connectivity index (χ3n) is 3.65. The summed E-state index contributed by atoms with van der Waals surface area (Å²) in [6, 6.07) is 3.39. The molecule has 0 bridgehead atoms. The van der Waals surface area contributed by atoms with Crippen LogP contribution in [0.5, 0.6) is 0 Å². The van der Waals surface area contributed by atoms with Gasteiger partial charge in [-0.15, -0.1) is 0 Å². The van der Waals surface area contributed by atoms with E-state index >= 15 is 0 Å². The summed E-state index contributed by atoms with van der Waals surface area (Å²) < 4.78 is 26.8. The van der Waals surface area contributed by atoms with Gasteiger partial charge in [0.2, 0.25) is 0 Å². The van der Waals surface area contributed by atoms with Crippen molar-refractivity contribution in [2.24, 2.45) is 5.73 Å². The summed E-state index contributed by atoms with van der Waals surface area (Å²) in [5.41, 5.74) is 6.33. The predicted molar refractivity (Wildman–Crippen MR) is 74.0 cm³/mol.